The van der Waals surface area contributed by atoms with Crippen LogP contribution in [0.25, 0.3) is 0 Å². The minimum Gasteiger partial charge on any atom is -0.494 e. The van der Waals surface area contributed by atoms with Gasteiger partial charge in [0.05, 0.1) is 12.5 Å². The molecule has 0 radical (unpaired) electrons. The van der Waals surface area contributed by atoms with E-state index < -0.39 is 11.9 Å². The molecule has 1 saturated heterocycles. The number of nitrogens with zero attached hydrogens (tertiary/aromatic N) is 1. The third-order valence-electron chi connectivity index (χ3n) is 5.53. The molecule has 1 fully saturated rings. The fourth-order valence-electron chi connectivity index (χ4n) is 3.84. The summed E-state index contributed by atoms with van der Waals surface area (Å²) < 4.78 is 10.7. The van der Waals surface area contributed by atoms with E-state index in [4.69, 9.17) is 9.47 Å². The number of ether oxygens (including phenoxy) is 2. The molecule has 0 saturated carbocycles. The number of para-hydroxylation sites is 1. The smallest absolute Gasteiger partial charge is 0.311 e. The second-order valence-corrected chi connectivity index (χ2v) is 7.65. The highest BCUT2D eigenvalue weighted by atomic mass is 16.5. The summed E-state index contributed by atoms with van der Waals surface area (Å²) in [5.74, 6) is -0.954. The Labute approximate surface area is 188 Å². The Morgan fingerprint density at radius 3 is 2.28 bits per heavy atom. The molecule has 1 atom stereocenters. The van der Waals surface area contributed by atoms with Crippen molar-refractivity contribution in [3.05, 3.63) is 53.6 Å². The first-order valence-corrected chi connectivity index (χ1v) is 11.1. The zero-order chi connectivity index (χ0) is 23.1. The molecule has 0 bridgehead atoms. The molecule has 170 valence electrons. The topological polar surface area (TPSA) is 84.9 Å². The van der Waals surface area contributed by atoms with Gasteiger partial charge in [-0.2, -0.15) is 0 Å². The van der Waals surface area contributed by atoms with E-state index in [2.05, 4.69) is 5.32 Å². The van der Waals surface area contributed by atoms with Crippen LogP contribution in [0.15, 0.2) is 42.5 Å². The Balaban J connectivity index is 1.55. The number of benzene rings is 2. The molecule has 0 unspecified atom stereocenters. The standard InChI is InChI=1S/C25H30N2O5/c1-4-17-8-7-9-18(5-2)24(17)26-22(28)16-32-25(30)19-14-23(29)27(15-19)20-10-12-21(13-11-20)31-6-3/h7-13,19H,4-6,14-16H2,1-3H3,(H,26,28)/t19-/m0/s1. The molecule has 0 aliphatic carbocycles. The number of nitrogens with one attached hydrogen (secondary N) is 1. The lowest BCUT2D eigenvalue weighted by atomic mass is 10.0. The van der Waals surface area contributed by atoms with Gasteiger partial charge in [0.15, 0.2) is 6.61 Å². The van der Waals surface area contributed by atoms with E-state index in [9.17, 15) is 14.4 Å². The summed E-state index contributed by atoms with van der Waals surface area (Å²) in [5.41, 5.74) is 3.57. The largest absolute Gasteiger partial charge is 0.494 e. The Kier molecular flexibility index (Phi) is 7.87. The molecule has 7 nitrogen and oxygen atoms in total. The number of hydrogen-bond donors (Lipinski definition) is 1. The highest BCUT2D eigenvalue weighted by Gasteiger charge is 2.36. The van der Waals surface area contributed by atoms with Crippen LogP contribution in [0.5, 0.6) is 5.75 Å². The van der Waals surface area contributed by atoms with Crippen molar-refractivity contribution in [3.8, 4) is 5.75 Å². The molecule has 3 rings (SSSR count). The van der Waals surface area contributed by atoms with Crippen molar-refractivity contribution < 1.29 is 23.9 Å². The lowest BCUT2D eigenvalue weighted by Crippen LogP contribution is -2.28. The van der Waals surface area contributed by atoms with E-state index in [1.54, 1.807) is 29.2 Å². The highest BCUT2D eigenvalue weighted by molar-refractivity contribution is 6.00. The van der Waals surface area contributed by atoms with Gasteiger partial charge in [-0.15, -0.1) is 0 Å². The molecule has 1 aliphatic rings. The van der Waals surface area contributed by atoms with Crippen molar-refractivity contribution in [2.24, 2.45) is 5.92 Å². The first-order chi connectivity index (χ1) is 15.5. The predicted molar refractivity (Wildman–Crippen MR) is 123 cm³/mol. The molecule has 1 N–H and O–H groups in total. The molecule has 2 aromatic rings. The molecule has 1 aliphatic heterocycles. The minimum absolute atomic E-state index is 0.0618. The van der Waals surface area contributed by atoms with Crippen LogP contribution in [0.3, 0.4) is 0 Å². The Morgan fingerprint density at radius 2 is 1.69 bits per heavy atom. The van der Waals surface area contributed by atoms with Crippen LogP contribution in [0, 0.1) is 5.92 Å². The first kappa shape index (κ1) is 23.3. The van der Waals surface area contributed by atoms with Crippen LogP contribution in [0.1, 0.15) is 38.3 Å². The lowest BCUT2D eigenvalue weighted by molar-refractivity contribution is -0.151. The maximum atomic E-state index is 12.5. The molecular formula is C25H30N2O5. The van der Waals surface area contributed by atoms with Crippen molar-refractivity contribution in [3.63, 3.8) is 0 Å². The Morgan fingerprint density at radius 1 is 1.03 bits per heavy atom. The van der Waals surface area contributed by atoms with E-state index in [-0.39, 0.29) is 31.4 Å². The number of carbonyl (C=O) groups is 3. The van der Waals surface area contributed by atoms with Crippen molar-refractivity contribution in [1.29, 1.82) is 0 Å². The van der Waals surface area contributed by atoms with E-state index in [1.165, 1.54) is 0 Å². The number of anilines is 2. The third-order valence-corrected chi connectivity index (χ3v) is 5.53. The molecule has 1 heterocycles. The highest BCUT2D eigenvalue weighted by Crippen LogP contribution is 2.28. The minimum atomic E-state index is -0.601. The van der Waals surface area contributed by atoms with Gasteiger partial charge < -0.3 is 19.7 Å². The molecule has 2 aromatic carbocycles. The molecule has 32 heavy (non-hydrogen) atoms. The molecule has 2 amide bonds. The van der Waals surface area contributed by atoms with Gasteiger partial charge in [0, 0.05) is 24.3 Å². The summed E-state index contributed by atoms with van der Waals surface area (Å²) in [6.07, 6.45) is 1.63. The van der Waals surface area contributed by atoms with Gasteiger partial charge in [0.1, 0.15) is 5.75 Å². The summed E-state index contributed by atoms with van der Waals surface area (Å²) in [6, 6.07) is 13.1. The fourth-order valence-corrected chi connectivity index (χ4v) is 3.84. The zero-order valence-electron chi connectivity index (χ0n) is 18.8. The SMILES string of the molecule is CCOc1ccc(N2C[C@@H](C(=O)OCC(=O)Nc3c(CC)cccc3CC)CC2=O)cc1. The summed E-state index contributed by atoms with van der Waals surface area (Å²) in [6.45, 7) is 6.36. The van der Waals surface area contributed by atoms with Crippen LogP contribution < -0.4 is 15.0 Å². The molecule has 0 spiro atoms. The number of aryl methyl sites for hydroxylation is 2. The van der Waals surface area contributed by atoms with Crippen LogP contribution in [0.2, 0.25) is 0 Å². The second-order valence-electron chi connectivity index (χ2n) is 7.65. The maximum absolute atomic E-state index is 12.5. The van der Waals surface area contributed by atoms with E-state index in [1.807, 2.05) is 39.0 Å². The van der Waals surface area contributed by atoms with Gasteiger partial charge in [0.2, 0.25) is 5.91 Å². The van der Waals surface area contributed by atoms with E-state index >= 15 is 0 Å². The predicted octanol–water partition coefficient (Wildman–Crippen LogP) is 3.74. The van der Waals surface area contributed by atoms with Crippen molar-refractivity contribution >= 4 is 29.2 Å². The van der Waals surface area contributed by atoms with E-state index in [0.29, 0.717) is 12.3 Å². The quantitative estimate of drug-likeness (QED) is 0.603. The normalized spacial score (nSPS) is 15.5. The average molecular weight is 439 g/mol. The van der Waals surface area contributed by atoms with Crippen molar-refractivity contribution in [2.45, 2.75) is 40.0 Å². The molecule has 7 heteroatoms. The van der Waals surface area contributed by atoms with Crippen molar-refractivity contribution in [1.82, 2.24) is 0 Å². The zero-order valence-corrected chi connectivity index (χ0v) is 18.8. The number of amides is 2. The third kappa shape index (κ3) is 5.46. The van der Waals surface area contributed by atoms with Gasteiger partial charge in [-0.1, -0.05) is 32.0 Å². The van der Waals surface area contributed by atoms with Crippen LogP contribution in [-0.2, 0) is 32.0 Å². The summed E-state index contributed by atoms with van der Waals surface area (Å²) in [7, 11) is 0. The lowest BCUT2D eigenvalue weighted by Gasteiger charge is -2.17. The van der Waals surface area contributed by atoms with Crippen LogP contribution in [-0.4, -0.2) is 37.5 Å². The monoisotopic (exact) mass is 438 g/mol. The molecular weight excluding hydrogens is 408 g/mol. The van der Waals surface area contributed by atoms with Gasteiger partial charge in [-0.3, -0.25) is 14.4 Å². The average Bonchev–Trinajstić information content (AvgIpc) is 3.20. The number of carbonyl (C=O) groups excluding carboxylic acids is 3. The van der Waals surface area contributed by atoms with Crippen LogP contribution in [0.4, 0.5) is 11.4 Å². The van der Waals surface area contributed by atoms with Gasteiger partial charge >= 0.3 is 5.97 Å². The van der Waals surface area contributed by atoms with Crippen molar-refractivity contribution in [2.75, 3.05) is 30.0 Å². The van der Waals surface area contributed by atoms with Gasteiger partial charge in [-0.25, -0.2) is 0 Å². The summed E-state index contributed by atoms with van der Waals surface area (Å²) in [5, 5.41) is 2.88. The van der Waals surface area contributed by atoms with E-state index in [0.717, 1.165) is 35.4 Å². The van der Waals surface area contributed by atoms with Gasteiger partial charge in [-0.05, 0) is 55.2 Å². The fraction of sp³-hybridized carbons (Fsp3) is 0.400. The van der Waals surface area contributed by atoms with Gasteiger partial charge in [0.25, 0.3) is 5.91 Å². The van der Waals surface area contributed by atoms with Crippen LogP contribution >= 0.6 is 0 Å². The number of hydrogen-bond acceptors (Lipinski definition) is 5. The maximum Gasteiger partial charge on any atom is 0.311 e. The summed E-state index contributed by atoms with van der Waals surface area (Å²) in [4.78, 5) is 38.9. The molecule has 0 aromatic heterocycles. The second kappa shape index (κ2) is 10.8. The first-order valence-electron chi connectivity index (χ1n) is 11.1. The Bertz CT molecular complexity index is 949. The number of esters is 1. The Hall–Kier alpha value is -3.35. The summed E-state index contributed by atoms with van der Waals surface area (Å²) >= 11 is 0. The number of rotatable bonds is 9.